The van der Waals surface area contributed by atoms with E-state index < -0.39 is 5.60 Å². The normalized spacial score (nSPS) is 17.9. The molecule has 1 aliphatic rings. The van der Waals surface area contributed by atoms with Crippen molar-refractivity contribution in [1.82, 2.24) is 14.8 Å². The Morgan fingerprint density at radius 1 is 0.941 bits per heavy atom. The fraction of sp³-hybridized carbons (Fsp3) is 0.286. The highest BCUT2D eigenvalue weighted by Crippen LogP contribution is 2.35. The van der Waals surface area contributed by atoms with Crippen LogP contribution in [0.2, 0.25) is 0 Å². The third-order valence-electron chi connectivity index (χ3n) is 6.35. The van der Waals surface area contributed by atoms with Crippen molar-refractivity contribution in [2.24, 2.45) is 0 Å². The molecule has 1 aliphatic heterocycles. The molecule has 2 atom stereocenters. The van der Waals surface area contributed by atoms with Gasteiger partial charge < -0.3 is 14.6 Å². The van der Waals surface area contributed by atoms with Crippen LogP contribution in [0.15, 0.2) is 91.5 Å². The van der Waals surface area contributed by atoms with E-state index in [4.69, 9.17) is 9.47 Å². The molecule has 1 fully saturated rings. The Labute approximate surface area is 199 Å². The molecule has 2 heterocycles. The Kier molecular flexibility index (Phi) is 6.81. The minimum absolute atomic E-state index is 0.199. The molecule has 0 radical (unpaired) electrons. The van der Waals surface area contributed by atoms with Gasteiger partial charge in [0.25, 0.3) is 0 Å². The molecular weight excluding hydrogens is 426 g/mol. The van der Waals surface area contributed by atoms with E-state index in [0.717, 1.165) is 53.7 Å². The summed E-state index contributed by atoms with van der Waals surface area (Å²) in [5, 5.41) is 16.5. The van der Waals surface area contributed by atoms with Crippen molar-refractivity contribution in [1.29, 1.82) is 0 Å². The van der Waals surface area contributed by atoms with E-state index in [0.29, 0.717) is 6.61 Å². The van der Waals surface area contributed by atoms with Crippen LogP contribution in [-0.2, 0) is 28.2 Å². The standard InChI is InChI=1S/C28H29N3O3/c32-28(19-31-21-29-20-30-31,25-15-13-23(14-16-25)22-8-2-1-3-9-22)26-11-5-4-10-24(26)18-34-27-12-6-7-17-33-27/h1-5,8-11,13-16,20-21,27,32H,6-7,12,17-19H2. The van der Waals surface area contributed by atoms with E-state index in [2.05, 4.69) is 22.2 Å². The van der Waals surface area contributed by atoms with Crippen LogP contribution in [0.5, 0.6) is 0 Å². The second kappa shape index (κ2) is 10.3. The Morgan fingerprint density at radius 2 is 1.71 bits per heavy atom. The molecule has 2 unspecified atom stereocenters. The summed E-state index contributed by atoms with van der Waals surface area (Å²) < 4.78 is 13.5. The highest BCUT2D eigenvalue weighted by molar-refractivity contribution is 5.64. The molecule has 0 saturated carbocycles. The van der Waals surface area contributed by atoms with Crippen molar-refractivity contribution in [2.45, 2.75) is 44.3 Å². The summed E-state index contributed by atoms with van der Waals surface area (Å²) in [6.07, 6.45) is 5.98. The molecule has 0 aliphatic carbocycles. The van der Waals surface area contributed by atoms with E-state index in [9.17, 15) is 5.11 Å². The van der Waals surface area contributed by atoms with Crippen LogP contribution in [0.4, 0.5) is 0 Å². The molecule has 6 heteroatoms. The number of hydrogen-bond donors (Lipinski definition) is 1. The maximum atomic E-state index is 12.2. The van der Waals surface area contributed by atoms with E-state index >= 15 is 0 Å². The van der Waals surface area contributed by atoms with Gasteiger partial charge in [-0.05, 0) is 47.1 Å². The summed E-state index contributed by atoms with van der Waals surface area (Å²) in [6, 6.07) is 26.2. The Hall–Kier alpha value is -3.32. The molecule has 6 nitrogen and oxygen atoms in total. The van der Waals surface area contributed by atoms with Gasteiger partial charge in [0.05, 0.1) is 13.2 Å². The SMILES string of the molecule is OC(Cn1cncn1)(c1ccc(-c2ccccc2)cc1)c1ccccc1COC1CCCCO1. The Balaban J connectivity index is 1.49. The van der Waals surface area contributed by atoms with Crippen LogP contribution >= 0.6 is 0 Å². The Bertz CT molecular complexity index is 1170. The number of benzene rings is 3. The third kappa shape index (κ3) is 4.94. The van der Waals surface area contributed by atoms with Crippen LogP contribution in [0.3, 0.4) is 0 Å². The van der Waals surface area contributed by atoms with E-state index in [1.807, 2.05) is 66.7 Å². The molecule has 34 heavy (non-hydrogen) atoms. The average molecular weight is 456 g/mol. The molecule has 3 aromatic carbocycles. The number of aromatic nitrogens is 3. The number of hydrogen-bond acceptors (Lipinski definition) is 5. The topological polar surface area (TPSA) is 69.4 Å². The van der Waals surface area contributed by atoms with Gasteiger partial charge in [0, 0.05) is 6.61 Å². The van der Waals surface area contributed by atoms with Gasteiger partial charge in [0.2, 0.25) is 0 Å². The van der Waals surface area contributed by atoms with Crippen LogP contribution in [-0.4, -0.2) is 32.8 Å². The van der Waals surface area contributed by atoms with Gasteiger partial charge in [-0.25, -0.2) is 9.67 Å². The molecule has 0 amide bonds. The lowest BCUT2D eigenvalue weighted by molar-refractivity contribution is -0.169. The van der Waals surface area contributed by atoms with E-state index in [1.54, 1.807) is 11.0 Å². The zero-order valence-corrected chi connectivity index (χ0v) is 19.1. The van der Waals surface area contributed by atoms with Gasteiger partial charge in [-0.2, -0.15) is 5.10 Å². The van der Waals surface area contributed by atoms with Crippen LogP contribution < -0.4 is 0 Å². The largest absolute Gasteiger partial charge is 0.378 e. The van der Waals surface area contributed by atoms with E-state index in [1.165, 1.54) is 6.33 Å². The monoisotopic (exact) mass is 455 g/mol. The zero-order valence-electron chi connectivity index (χ0n) is 19.1. The number of aliphatic hydroxyl groups is 1. The fourth-order valence-electron chi connectivity index (χ4n) is 4.52. The fourth-order valence-corrected chi connectivity index (χ4v) is 4.52. The minimum Gasteiger partial charge on any atom is -0.378 e. The second-order valence-corrected chi connectivity index (χ2v) is 8.66. The molecule has 174 valence electrons. The van der Waals surface area contributed by atoms with E-state index in [-0.39, 0.29) is 12.8 Å². The van der Waals surface area contributed by atoms with Crippen LogP contribution in [0.25, 0.3) is 11.1 Å². The number of nitrogens with zero attached hydrogens (tertiary/aromatic N) is 3. The molecule has 1 saturated heterocycles. The first-order valence-corrected chi connectivity index (χ1v) is 11.7. The van der Waals surface area contributed by atoms with Crippen molar-refractivity contribution in [2.75, 3.05) is 6.61 Å². The summed E-state index contributed by atoms with van der Waals surface area (Å²) in [5.74, 6) is 0. The average Bonchev–Trinajstić information content (AvgIpc) is 3.42. The highest BCUT2D eigenvalue weighted by Gasteiger charge is 2.35. The maximum Gasteiger partial charge on any atom is 0.158 e. The van der Waals surface area contributed by atoms with Gasteiger partial charge in [0.1, 0.15) is 18.3 Å². The molecule has 4 aromatic rings. The van der Waals surface area contributed by atoms with Gasteiger partial charge >= 0.3 is 0 Å². The first kappa shape index (κ1) is 22.5. The quantitative estimate of drug-likeness (QED) is 0.408. The summed E-state index contributed by atoms with van der Waals surface area (Å²) >= 11 is 0. The Morgan fingerprint density at radius 3 is 2.44 bits per heavy atom. The second-order valence-electron chi connectivity index (χ2n) is 8.66. The van der Waals surface area contributed by atoms with Crippen molar-refractivity contribution in [3.63, 3.8) is 0 Å². The predicted molar refractivity (Wildman–Crippen MR) is 130 cm³/mol. The summed E-state index contributed by atoms with van der Waals surface area (Å²) in [7, 11) is 0. The zero-order chi connectivity index (χ0) is 23.2. The number of ether oxygens (including phenoxy) is 2. The van der Waals surface area contributed by atoms with Gasteiger partial charge in [-0.15, -0.1) is 0 Å². The highest BCUT2D eigenvalue weighted by atomic mass is 16.7. The van der Waals surface area contributed by atoms with Crippen molar-refractivity contribution < 1.29 is 14.6 Å². The van der Waals surface area contributed by atoms with Crippen molar-refractivity contribution in [3.05, 3.63) is 108 Å². The lowest BCUT2D eigenvalue weighted by atomic mass is 9.83. The molecule has 1 aromatic heterocycles. The van der Waals surface area contributed by atoms with Gasteiger partial charge in [-0.1, -0.05) is 78.9 Å². The van der Waals surface area contributed by atoms with Crippen LogP contribution in [0.1, 0.15) is 36.0 Å². The molecular formula is C28H29N3O3. The smallest absolute Gasteiger partial charge is 0.158 e. The van der Waals surface area contributed by atoms with Gasteiger partial charge in [0.15, 0.2) is 6.29 Å². The summed E-state index contributed by atoms with van der Waals surface area (Å²) in [6.45, 7) is 1.33. The molecule has 0 bridgehead atoms. The lowest BCUT2D eigenvalue weighted by Gasteiger charge is -2.32. The lowest BCUT2D eigenvalue weighted by Crippen LogP contribution is -2.34. The van der Waals surface area contributed by atoms with Crippen molar-refractivity contribution in [3.8, 4) is 11.1 Å². The van der Waals surface area contributed by atoms with Crippen LogP contribution in [0, 0.1) is 0 Å². The minimum atomic E-state index is -1.32. The maximum absolute atomic E-state index is 12.2. The molecule has 5 rings (SSSR count). The summed E-state index contributed by atoms with van der Waals surface area (Å²) in [4.78, 5) is 4.07. The summed E-state index contributed by atoms with van der Waals surface area (Å²) in [5.41, 5.74) is 3.40. The third-order valence-corrected chi connectivity index (χ3v) is 6.35. The number of rotatable bonds is 8. The first-order valence-electron chi connectivity index (χ1n) is 11.7. The predicted octanol–water partition coefficient (Wildman–Crippen LogP) is 4.92. The molecule has 1 N–H and O–H groups in total. The van der Waals surface area contributed by atoms with Gasteiger partial charge in [-0.3, -0.25) is 0 Å². The molecule has 0 spiro atoms. The van der Waals surface area contributed by atoms with Crippen molar-refractivity contribution >= 4 is 0 Å². The first-order chi connectivity index (χ1) is 16.7.